The minimum absolute atomic E-state index is 0.0294. The number of nitrogens with zero attached hydrogens (tertiary/aromatic N) is 1. The van der Waals surface area contributed by atoms with Gasteiger partial charge in [0.1, 0.15) is 20.1 Å². The lowest BCUT2D eigenvalue weighted by Gasteiger charge is -2.34. The quantitative estimate of drug-likeness (QED) is 0.577. The summed E-state index contributed by atoms with van der Waals surface area (Å²) >= 11 is 0. The van der Waals surface area contributed by atoms with Crippen molar-refractivity contribution in [2.45, 2.75) is 37.7 Å². The number of quaternary nitrogens is 1. The van der Waals surface area contributed by atoms with Crippen LogP contribution in [0.25, 0.3) is 0 Å². The average Bonchev–Trinajstić information content (AvgIpc) is 2.27. The lowest BCUT2D eigenvalue weighted by Crippen LogP contribution is -2.51. The fourth-order valence-electron chi connectivity index (χ4n) is 2.25. The van der Waals surface area contributed by atoms with Gasteiger partial charge in [-0.05, 0) is 6.42 Å². The first kappa shape index (κ1) is 16.4. The molecule has 0 aromatic heterocycles. The van der Waals surface area contributed by atoms with Crippen molar-refractivity contribution in [1.29, 1.82) is 0 Å². The van der Waals surface area contributed by atoms with Crippen LogP contribution in [0.5, 0.6) is 0 Å². The van der Waals surface area contributed by atoms with Crippen molar-refractivity contribution in [3.8, 4) is 0 Å². The Labute approximate surface area is 116 Å². The highest BCUT2D eigenvalue weighted by molar-refractivity contribution is 5.88. The molecule has 8 nitrogen and oxygen atoms in total. The van der Waals surface area contributed by atoms with Crippen molar-refractivity contribution >= 4 is 17.9 Å². The van der Waals surface area contributed by atoms with Crippen LogP contribution in [-0.2, 0) is 19.2 Å². The average molecular weight is 290 g/mol. The Kier molecular flexibility index (Phi) is 5.07. The molecule has 1 heterocycles. The molecule has 1 rings (SSSR count). The predicted octanol–water partition coefficient (Wildman–Crippen LogP) is -0.244. The smallest absolute Gasteiger partial charge is 0.370 e. The van der Waals surface area contributed by atoms with Crippen LogP contribution in [0.15, 0.2) is 0 Å². The molecule has 1 saturated heterocycles. The number of carboxylic acids is 2. The van der Waals surface area contributed by atoms with Gasteiger partial charge in [-0.25, -0.2) is 9.59 Å². The van der Waals surface area contributed by atoms with Crippen molar-refractivity contribution in [3.05, 3.63) is 0 Å². The molecule has 8 heteroatoms. The summed E-state index contributed by atoms with van der Waals surface area (Å²) < 4.78 is 0.0294. The molecule has 20 heavy (non-hydrogen) atoms. The number of likely N-dealkylation sites (tertiary alicyclic amines) is 1. The van der Waals surface area contributed by atoms with Crippen LogP contribution in [0.1, 0.15) is 32.1 Å². The van der Waals surface area contributed by atoms with Crippen LogP contribution < -0.4 is 0 Å². The second-order valence-electron chi connectivity index (χ2n) is 5.35. The van der Waals surface area contributed by atoms with E-state index in [1.807, 2.05) is 0 Å². The Balaban J connectivity index is 2.66. The van der Waals surface area contributed by atoms with E-state index in [1.54, 1.807) is 7.05 Å². The monoisotopic (exact) mass is 290 g/mol. The number of aliphatic carboxylic acids is 2. The van der Waals surface area contributed by atoms with Gasteiger partial charge in [-0.15, -0.1) is 4.65 Å². The second-order valence-corrected chi connectivity index (χ2v) is 5.35. The molecule has 0 aliphatic carbocycles. The zero-order valence-electron chi connectivity index (χ0n) is 11.4. The maximum atomic E-state index is 11.8. The number of hydrogen-bond donors (Lipinski definition) is 3. The Morgan fingerprint density at radius 3 is 2.10 bits per heavy atom. The van der Waals surface area contributed by atoms with E-state index in [1.165, 1.54) is 0 Å². The van der Waals surface area contributed by atoms with Gasteiger partial charge in [-0.3, -0.25) is 9.63 Å². The predicted molar refractivity (Wildman–Crippen MR) is 65.3 cm³/mol. The fourth-order valence-corrected chi connectivity index (χ4v) is 2.25. The van der Waals surface area contributed by atoms with Crippen molar-refractivity contribution < 1.29 is 39.2 Å². The molecule has 0 aromatic carbocycles. The van der Waals surface area contributed by atoms with E-state index < -0.39 is 36.4 Å². The van der Waals surface area contributed by atoms with E-state index in [2.05, 4.69) is 0 Å². The molecule has 3 N–H and O–H groups in total. The SMILES string of the molecule is C[N+]1(OC(=O)CC(O)(CC(=O)O)C(=O)O)CCCCC1. The summed E-state index contributed by atoms with van der Waals surface area (Å²) in [5.41, 5.74) is -2.64. The number of piperidine rings is 1. The van der Waals surface area contributed by atoms with Crippen molar-refractivity contribution in [2.24, 2.45) is 0 Å². The highest BCUT2D eigenvalue weighted by Gasteiger charge is 2.43. The van der Waals surface area contributed by atoms with Gasteiger partial charge in [0.15, 0.2) is 5.60 Å². The third kappa shape index (κ3) is 4.46. The summed E-state index contributed by atoms with van der Waals surface area (Å²) in [6, 6.07) is 0. The number of carbonyl (C=O) groups is 3. The molecule has 0 bridgehead atoms. The first-order valence-electron chi connectivity index (χ1n) is 6.41. The van der Waals surface area contributed by atoms with Gasteiger partial charge in [-0.2, -0.15) is 0 Å². The van der Waals surface area contributed by atoms with Crippen molar-refractivity contribution in [3.63, 3.8) is 0 Å². The van der Waals surface area contributed by atoms with Crippen LogP contribution in [0, 0.1) is 0 Å². The van der Waals surface area contributed by atoms with Crippen LogP contribution >= 0.6 is 0 Å². The molecule has 1 aliphatic rings. The summed E-state index contributed by atoms with van der Waals surface area (Å²) in [7, 11) is 1.70. The number of carbonyl (C=O) groups excluding carboxylic acids is 1. The Morgan fingerprint density at radius 1 is 1.10 bits per heavy atom. The molecule has 0 spiro atoms. The molecule has 1 unspecified atom stereocenters. The van der Waals surface area contributed by atoms with Crippen molar-refractivity contribution in [2.75, 3.05) is 20.1 Å². The molecular formula is C12H20NO7+. The van der Waals surface area contributed by atoms with E-state index in [-0.39, 0.29) is 4.65 Å². The second kappa shape index (κ2) is 6.19. The number of hydrogen-bond acceptors (Lipinski definition) is 5. The van der Waals surface area contributed by atoms with Gasteiger partial charge in [0.2, 0.25) is 0 Å². The normalized spacial score (nSPS) is 20.7. The van der Waals surface area contributed by atoms with Crippen molar-refractivity contribution in [1.82, 2.24) is 0 Å². The van der Waals surface area contributed by atoms with E-state index in [0.717, 1.165) is 19.3 Å². The molecule has 0 aromatic rings. The zero-order chi connectivity index (χ0) is 15.4. The van der Waals surface area contributed by atoms with E-state index >= 15 is 0 Å². The molecule has 114 valence electrons. The first-order chi connectivity index (χ1) is 9.17. The highest BCUT2D eigenvalue weighted by atomic mass is 16.7. The summed E-state index contributed by atoms with van der Waals surface area (Å²) in [6.07, 6.45) is 0.886. The highest BCUT2D eigenvalue weighted by Crippen LogP contribution is 2.21. The van der Waals surface area contributed by atoms with Gasteiger partial charge < -0.3 is 15.3 Å². The van der Waals surface area contributed by atoms with Gasteiger partial charge >= 0.3 is 17.9 Å². The Bertz CT molecular complexity index is 403. The maximum absolute atomic E-state index is 11.8. The summed E-state index contributed by atoms with van der Waals surface area (Å²) in [5, 5.41) is 27.2. The number of rotatable bonds is 6. The fraction of sp³-hybridized carbons (Fsp3) is 0.750. The molecule has 1 aliphatic heterocycles. The number of carboxylic acid groups (broad SMARTS) is 2. The summed E-state index contributed by atoms with van der Waals surface area (Å²) in [4.78, 5) is 38.5. The third-order valence-electron chi connectivity index (χ3n) is 3.36. The summed E-state index contributed by atoms with van der Waals surface area (Å²) in [5.74, 6) is -4.17. The molecule has 1 fully saturated rings. The lowest BCUT2D eigenvalue weighted by molar-refractivity contribution is -1.08. The van der Waals surface area contributed by atoms with Crippen LogP contribution in [-0.4, -0.2) is 63.6 Å². The molecular weight excluding hydrogens is 270 g/mol. The minimum atomic E-state index is -2.64. The molecule has 0 radical (unpaired) electrons. The Morgan fingerprint density at radius 2 is 1.65 bits per heavy atom. The topological polar surface area (TPSA) is 121 Å². The van der Waals surface area contributed by atoms with Gasteiger partial charge in [0.05, 0.1) is 12.8 Å². The Hall–Kier alpha value is -1.67. The zero-order valence-corrected chi connectivity index (χ0v) is 11.4. The largest absolute Gasteiger partial charge is 0.481 e. The summed E-state index contributed by atoms with van der Waals surface area (Å²) in [6.45, 7) is 1.24. The van der Waals surface area contributed by atoms with E-state index in [4.69, 9.17) is 15.1 Å². The standard InChI is InChI=1S/C12H19NO7/c1-13(5-3-2-4-6-13)20-10(16)8-12(19,11(17)18)7-9(14)15/h19H,2-8H2,1H3,(H-,14,15,17,18)/p+1. The first-order valence-corrected chi connectivity index (χ1v) is 6.41. The van der Waals surface area contributed by atoms with E-state index in [0.29, 0.717) is 13.1 Å². The molecule has 0 amide bonds. The molecule has 1 atom stereocenters. The van der Waals surface area contributed by atoms with Gasteiger partial charge in [0, 0.05) is 12.8 Å². The third-order valence-corrected chi connectivity index (χ3v) is 3.36. The van der Waals surface area contributed by atoms with Crippen LogP contribution in [0.2, 0.25) is 0 Å². The lowest BCUT2D eigenvalue weighted by atomic mass is 9.96. The van der Waals surface area contributed by atoms with Gasteiger partial charge in [-0.1, -0.05) is 0 Å². The van der Waals surface area contributed by atoms with Gasteiger partial charge in [0.25, 0.3) is 0 Å². The maximum Gasteiger partial charge on any atom is 0.370 e. The van der Waals surface area contributed by atoms with Crippen LogP contribution in [0.3, 0.4) is 0 Å². The molecule has 0 saturated carbocycles. The van der Waals surface area contributed by atoms with E-state index in [9.17, 15) is 19.5 Å². The number of aliphatic hydroxyl groups is 1. The number of hydroxylamine groups is 3. The van der Waals surface area contributed by atoms with Crippen LogP contribution in [0.4, 0.5) is 0 Å². The minimum Gasteiger partial charge on any atom is -0.481 e.